The van der Waals surface area contributed by atoms with E-state index in [4.69, 9.17) is 10.2 Å². The van der Waals surface area contributed by atoms with Gasteiger partial charge >= 0.3 is 0 Å². The van der Waals surface area contributed by atoms with E-state index in [1.54, 1.807) is 13.8 Å². The molecule has 0 rings (SSSR count). The highest BCUT2D eigenvalue weighted by molar-refractivity contribution is 4.81. The molecule has 0 atom stereocenters. The van der Waals surface area contributed by atoms with Gasteiger partial charge in [-0.1, -0.05) is 61.8 Å². The third-order valence-electron chi connectivity index (χ3n) is 3.67. The van der Waals surface area contributed by atoms with Crippen LogP contribution in [0, 0.1) is 10.8 Å². The van der Waals surface area contributed by atoms with Gasteiger partial charge in [0.2, 0.25) is 0 Å². The molecule has 4 nitrogen and oxygen atoms in total. The van der Waals surface area contributed by atoms with E-state index < -0.39 is 11.2 Å². The summed E-state index contributed by atoms with van der Waals surface area (Å²) < 4.78 is 0. The summed E-state index contributed by atoms with van der Waals surface area (Å²) in [4.78, 5) is 0. The maximum absolute atomic E-state index is 9.35. The minimum atomic E-state index is -0.562. The van der Waals surface area contributed by atoms with Crippen molar-refractivity contribution in [1.82, 2.24) is 0 Å². The van der Waals surface area contributed by atoms with Gasteiger partial charge in [-0.05, 0) is 52.4 Å². The lowest BCUT2D eigenvalue weighted by Gasteiger charge is -2.33. The largest absolute Gasteiger partial charge is 0.397 e. The molecule has 27 heavy (non-hydrogen) atoms. The average molecular weight is 397 g/mol. The van der Waals surface area contributed by atoms with Gasteiger partial charge in [0.1, 0.15) is 0 Å². The second-order valence-electron chi connectivity index (χ2n) is 8.96. The number of aliphatic hydroxyl groups excluding tert-OH is 2. The van der Waals surface area contributed by atoms with Crippen molar-refractivity contribution in [3.8, 4) is 0 Å². The molecule has 0 aliphatic rings. The maximum Gasteiger partial charge on any atom is 0.0639 e. The zero-order valence-electron chi connectivity index (χ0n) is 21.3. The standard InChI is InChI=1S/2C7H16O.C3H8.2C2H6O.C2H4/c2*1-6(2,3)7(4,5)8;1-3-2;2*1-2-3;1-2/h2*8H,1-5H3;3H2,1-2H3;2*3H,2H2,1H3;1-2H2. The Balaban J connectivity index is -0.0000000539. The molecule has 0 aromatic rings. The Hall–Kier alpha value is -0.420. The van der Waals surface area contributed by atoms with Crippen molar-refractivity contribution in [1.29, 1.82) is 0 Å². The van der Waals surface area contributed by atoms with E-state index in [0.717, 1.165) is 0 Å². The van der Waals surface area contributed by atoms with Gasteiger partial charge in [-0.2, -0.15) is 0 Å². The SMILES string of the molecule is C=C.CC(C)(C)C(C)(C)O.CC(C)(C)C(C)(C)O.CCC.CCO.CCO. The summed E-state index contributed by atoms with van der Waals surface area (Å²) in [5.41, 5.74) is -1.14. The number of rotatable bonds is 0. The normalized spacial score (nSPS) is 10.6. The summed E-state index contributed by atoms with van der Waals surface area (Å²) in [6, 6.07) is 0. The maximum atomic E-state index is 9.35. The molecule has 0 aliphatic carbocycles. The fraction of sp³-hybridized carbons (Fsp3) is 0.913. The first-order valence-corrected chi connectivity index (χ1v) is 9.91. The van der Waals surface area contributed by atoms with Crippen LogP contribution in [0.4, 0.5) is 0 Å². The van der Waals surface area contributed by atoms with Crippen molar-refractivity contribution < 1.29 is 20.4 Å². The van der Waals surface area contributed by atoms with Crippen molar-refractivity contribution >= 4 is 0 Å². The second kappa shape index (κ2) is 21.9. The van der Waals surface area contributed by atoms with Crippen molar-refractivity contribution in [2.45, 2.75) is 115 Å². The topological polar surface area (TPSA) is 80.9 Å². The Morgan fingerprint density at radius 1 is 0.519 bits per heavy atom. The molecule has 0 aromatic carbocycles. The minimum absolute atomic E-state index is 0.00694. The molecule has 0 aliphatic heterocycles. The lowest BCUT2D eigenvalue weighted by atomic mass is 9.79. The van der Waals surface area contributed by atoms with Gasteiger partial charge in [-0.25, -0.2) is 0 Å². The lowest BCUT2D eigenvalue weighted by Crippen LogP contribution is -2.35. The first-order valence-electron chi connectivity index (χ1n) is 9.91. The Morgan fingerprint density at radius 2 is 0.556 bits per heavy atom. The van der Waals surface area contributed by atoms with Crippen LogP contribution in [0.1, 0.15) is 103 Å². The Bertz CT molecular complexity index is 195. The van der Waals surface area contributed by atoms with Gasteiger partial charge < -0.3 is 20.4 Å². The zero-order chi connectivity index (χ0) is 24.1. The number of hydrogen-bond acceptors (Lipinski definition) is 4. The van der Waals surface area contributed by atoms with Crippen LogP contribution < -0.4 is 0 Å². The van der Waals surface area contributed by atoms with Crippen LogP contribution in [0.5, 0.6) is 0 Å². The fourth-order valence-electron chi connectivity index (χ4n) is 0. The third-order valence-corrected chi connectivity index (χ3v) is 3.67. The molecule has 0 radical (unpaired) electrons. The van der Waals surface area contributed by atoms with Gasteiger partial charge in [-0.3, -0.25) is 0 Å². The zero-order valence-corrected chi connectivity index (χ0v) is 21.3. The molecule has 172 valence electrons. The van der Waals surface area contributed by atoms with Crippen LogP contribution in [-0.2, 0) is 0 Å². The monoisotopic (exact) mass is 396 g/mol. The molecular weight excluding hydrogens is 340 g/mol. The Labute approximate surface area is 172 Å². The Morgan fingerprint density at radius 3 is 0.556 bits per heavy atom. The molecule has 0 amide bonds. The predicted octanol–water partition coefficient (Wildman–Crippen LogP) is 5.82. The summed E-state index contributed by atoms with van der Waals surface area (Å²) >= 11 is 0. The van der Waals surface area contributed by atoms with Gasteiger partial charge in [0.05, 0.1) is 11.2 Å². The quantitative estimate of drug-likeness (QED) is 0.389. The van der Waals surface area contributed by atoms with E-state index in [-0.39, 0.29) is 24.0 Å². The third kappa shape index (κ3) is 46.0. The van der Waals surface area contributed by atoms with E-state index in [1.807, 2.05) is 69.2 Å². The van der Waals surface area contributed by atoms with E-state index >= 15 is 0 Å². The summed E-state index contributed by atoms with van der Waals surface area (Å²) in [6.07, 6.45) is 1.25. The predicted molar refractivity (Wildman–Crippen MR) is 124 cm³/mol. The van der Waals surface area contributed by atoms with Gasteiger partial charge in [0, 0.05) is 13.2 Å². The van der Waals surface area contributed by atoms with Crippen molar-refractivity contribution in [3.05, 3.63) is 13.2 Å². The van der Waals surface area contributed by atoms with E-state index in [2.05, 4.69) is 27.0 Å². The van der Waals surface area contributed by atoms with Gasteiger partial charge in [0.25, 0.3) is 0 Å². The smallest absolute Gasteiger partial charge is 0.0639 e. The fourth-order valence-corrected chi connectivity index (χ4v) is 0. The lowest BCUT2D eigenvalue weighted by molar-refractivity contribution is -0.0240. The molecule has 0 fully saturated rings. The van der Waals surface area contributed by atoms with Crippen LogP contribution >= 0.6 is 0 Å². The van der Waals surface area contributed by atoms with Crippen molar-refractivity contribution in [2.24, 2.45) is 10.8 Å². The first kappa shape index (κ1) is 41.1. The summed E-state index contributed by atoms with van der Waals surface area (Å²) in [5, 5.41) is 33.8. The summed E-state index contributed by atoms with van der Waals surface area (Å²) in [5.74, 6) is 0. The van der Waals surface area contributed by atoms with E-state index in [1.165, 1.54) is 6.42 Å². The second-order valence-corrected chi connectivity index (χ2v) is 8.96. The summed E-state index contributed by atoms with van der Waals surface area (Å²) in [6.45, 7) is 33.5. The highest BCUT2D eigenvalue weighted by Gasteiger charge is 2.30. The van der Waals surface area contributed by atoms with Crippen molar-refractivity contribution in [2.75, 3.05) is 13.2 Å². The molecule has 4 N–H and O–H groups in total. The van der Waals surface area contributed by atoms with Crippen LogP contribution in [-0.4, -0.2) is 44.8 Å². The minimum Gasteiger partial charge on any atom is -0.397 e. The molecule has 0 aromatic heterocycles. The van der Waals surface area contributed by atoms with E-state index in [9.17, 15) is 10.2 Å². The van der Waals surface area contributed by atoms with Gasteiger partial charge in [-0.15, -0.1) is 13.2 Å². The average Bonchev–Trinajstić information content (AvgIpc) is 2.39. The molecule has 0 heterocycles. The number of aliphatic hydroxyl groups is 4. The first-order chi connectivity index (χ1) is 11.7. The Kier molecular flexibility index (Phi) is 33.3. The van der Waals surface area contributed by atoms with Crippen LogP contribution in [0.3, 0.4) is 0 Å². The number of hydrogen-bond donors (Lipinski definition) is 4. The molecule has 0 unspecified atom stereocenters. The molecule has 0 saturated carbocycles. The highest BCUT2D eigenvalue weighted by atomic mass is 16.3. The van der Waals surface area contributed by atoms with Crippen molar-refractivity contribution in [3.63, 3.8) is 0 Å². The molecule has 0 saturated heterocycles. The van der Waals surface area contributed by atoms with Crippen LogP contribution in [0.15, 0.2) is 13.2 Å². The van der Waals surface area contributed by atoms with Crippen LogP contribution in [0.2, 0.25) is 0 Å². The molecular formula is C23H56O4. The highest BCUT2D eigenvalue weighted by Crippen LogP contribution is 2.29. The molecule has 4 heteroatoms. The van der Waals surface area contributed by atoms with Crippen LogP contribution in [0.25, 0.3) is 0 Å². The molecule has 0 spiro atoms. The van der Waals surface area contributed by atoms with E-state index in [0.29, 0.717) is 0 Å². The summed E-state index contributed by atoms with van der Waals surface area (Å²) in [7, 11) is 0. The molecule has 0 bridgehead atoms. The van der Waals surface area contributed by atoms with Gasteiger partial charge in [0.15, 0.2) is 0 Å².